The molecule has 0 radical (unpaired) electrons. The van der Waals surface area contributed by atoms with Crippen LogP contribution in [0.3, 0.4) is 0 Å². The molecule has 0 aliphatic carbocycles. The Bertz CT molecular complexity index is 1150. The summed E-state index contributed by atoms with van der Waals surface area (Å²) in [5.41, 5.74) is 2.72. The molecule has 0 unspecified atom stereocenters. The summed E-state index contributed by atoms with van der Waals surface area (Å²) in [5, 5.41) is 4.61. The third-order valence-corrected chi connectivity index (χ3v) is 3.96. The van der Waals surface area contributed by atoms with E-state index in [2.05, 4.69) is 20.5 Å². The molecule has 0 saturated heterocycles. The van der Waals surface area contributed by atoms with E-state index in [-0.39, 0.29) is 29.5 Å². The highest BCUT2D eigenvalue weighted by atomic mass is 35.5. The highest BCUT2D eigenvalue weighted by Gasteiger charge is 2.16. The van der Waals surface area contributed by atoms with Crippen LogP contribution in [-0.4, -0.2) is 25.3 Å². The largest absolute Gasteiger partial charge is 0.329 e. The van der Waals surface area contributed by atoms with Gasteiger partial charge in [-0.15, -0.1) is 0 Å². The first-order valence-electron chi connectivity index (χ1n) is 7.93. The minimum Gasteiger partial charge on any atom is -0.299 e. The van der Waals surface area contributed by atoms with Gasteiger partial charge in [0.15, 0.2) is 11.2 Å². The summed E-state index contributed by atoms with van der Waals surface area (Å²) in [5.74, 6) is -0.0884. The number of nitrogens with zero attached hydrogens (tertiary/aromatic N) is 4. The lowest BCUT2D eigenvalue weighted by molar-refractivity contribution is 0.628. The van der Waals surface area contributed by atoms with Gasteiger partial charge in [-0.1, -0.05) is 29.8 Å². The number of halogens is 2. The predicted octanol–water partition coefficient (Wildman–Crippen LogP) is 2.15. The van der Waals surface area contributed by atoms with Gasteiger partial charge in [-0.3, -0.25) is 18.9 Å². The molecule has 1 aromatic carbocycles. The molecule has 0 atom stereocenters. The van der Waals surface area contributed by atoms with Crippen molar-refractivity contribution in [2.24, 2.45) is 12.1 Å². The van der Waals surface area contributed by atoms with E-state index in [1.807, 2.05) is 0 Å². The van der Waals surface area contributed by atoms with Gasteiger partial charge in [0.2, 0.25) is 5.95 Å². The summed E-state index contributed by atoms with van der Waals surface area (Å²) in [7, 11) is 1.51. The van der Waals surface area contributed by atoms with Crippen LogP contribution >= 0.6 is 11.6 Å². The van der Waals surface area contributed by atoms with Crippen LogP contribution in [0.25, 0.3) is 11.2 Å². The number of hydrogen-bond donors (Lipinski definition) is 2. The van der Waals surface area contributed by atoms with Crippen LogP contribution in [0.2, 0.25) is 0 Å². The van der Waals surface area contributed by atoms with Crippen molar-refractivity contribution >= 4 is 34.9 Å². The molecule has 27 heavy (non-hydrogen) atoms. The van der Waals surface area contributed by atoms with Crippen molar-refractivity contribution in [1.82, 2.24) is 19.1 Å². The number of hydrogen-bond acceptors (Lipinski definition) is 5. The molecule has 0 aliphatic heterocycles. The maximum atomic E-state index is 13.0. The SMILES string of the molecule is C/C(Cl)=C/Cn1c(N/N=C\c2ccc(F)cc2)nc2c1c(=O)[nH]c(=O)n2C. The van der Waals surface area contributed by atoms with Crippen LogP contribution in [0.5, 0.6) is 0 Å². The summed E-state index contributed by atoms with van der Waals surface area (Å²) < 4.78 is 15.7. The van der Waals surface area contributed by atoms with E-state index in [0.717, 1.165) is 0 Å². The van der Waals surface area contributed by atoms with E-state index in [4.69, 9.17) is 11.6 Å². The van der Waals surface area contributed by atoms with E-state index in [1.165, 1.54) is 30.0 Å². The summed E-state index contributed by atoms with van der Waals surface area (Å²) in [6, 6.07) is 5.77. The maximum Gasteiger partial charge on any atom is 0.329 e. The second kappa shape index (κ2) is 7.58. The van der Waals surface area contributed by atoms with Crippen molar-refractivity contribution in [2.45, 2.75) is 13.5 Å². The van der Waals surface area contributed by atoms with Gasteiger partial charge < -0.3 is 0 Å². The molecule has 2 aromatic heterocycles. The minimum atomic E-state index is -0.567. The molecule has 3 aromatic rings. The summed E-state index contributed by atoms with van der Waals surface area (Å²) in [6.45, 7) is 1.96. The Morgan fingerprint density at radius 2 is 2.07 bits per heavy atom. The number of imidazole rings is 1. The molecule has 140 valence electrons. The first-order chi connectivity index (χ1) is 12.9. The standard InChI is InChI=1S/C17H16ClFN6O2/c1-10(18)7-8-25-13-14(24(2)17(27)22-15(13)26)21-16(25)23-20-9-11-3-5-12(19)6-4-11/h3-7,9H,8H2,1-2H3,(H,21,23)(H,22,26,27)/b10-7-,20-9-. The van der Waals surface area contributed by atoms with Crippen LogP contribution in [-0.2, 0) is 13.6 Å². The minimum absolute atomic E-state index is 0.212. The number of allylic oxidation sites excluding steroid dienone is 2. The number of aryl methyl sites for hydroxylation is 1. The number of rotatable bonds is 5. The van der Waals surface area contributed by atoms with Gasteiger partial charge >= 0.3 is 5.69 Å². The Labute approximate surface area is 157 Å². The molecule has 0 spiro atoms. The average molecular weight is 391 g/mol. The zero-order valence-electron chi connectivity index (χ0n) is 14.5. The molecular formula is C17H16ClFN6O2. The van der Waals surface area contributed by atoms with Crippen molar-refractivity contribution in [2.75, 3.05) is 5.43 Å². The van der Waals surface area contributed by atoms with Gasteiger partial charge in [-0.05, 0) is 24.6 Å². The second-order valence-electron chi connectivity index (χ2n) is 5.75. The van der Waals surface area contributed by atoms with Crippen LogP contribution in [0.15, 0.2) is 50.1 Å². The molecule has 10 heteroatoms. The van der Waals surface area contributed by atoms with Gasteiger partial charge in [0.1, 0.15) is 5.82 Å². The van der Waals surface area contributed by atoms with E-state index in [9.17, 15) is 14.0 Å². The molecule has 0 bridgehead atoms. The number of aromatic nitrogens is 4. The van der Waals surface area contributed by atoms with Crippen LogP contribution < -0.4 is 16.7 Å². The molecular weight excluding hydrogens is 375 g/mol. The van der Waals surface area contributed by atoms with Gasteiger partial charge in [0.25, 0.3) is 5.56 Å². The quantitative estimate of drug-likeness (QED) is 0.515. The summed E-state index contributed by atoms with van der Waals surface area (Å²) in [6.07, 6.45) is 3.18. The Kier molecular flexibility index (Phi) is 5.22. The van der Waals surface area contributed by atoms with E-state index in [1.54, 1.807) is 29.7 Å². The van der Waals surface area contributed by atoms with Crippen molar-refractivity contribution in [3.05, 3.63) is 67.6 Å². The number of aromatic amines is 1. The van der Waals surface area contributed by atoms with Gasteiger partial charge in [-0.25, -0.2) is 14.6 Å². The molecule has 0 aliphatic rings. The van der Waals surface area contributed by atoms with Crippen molar-refractivity contribution in [3.63, 3.8) is 0 Å². The topological polar surface area (TPSA) is 97.1 Å². The van der Waals surface area contributed by atoms with Crippen molar-refractivity contribution < 1.29 is 4.39 Å². The molecule has 3 rings (SSSR count). The fourth-order valence-corrected chi connectivity index (χ4v) is 2.50. The molecule has 8 nitrogen and oxygen atoms in total. The highest BCUT2D eigenvalue weighted by molar-refractivity contribution is 6.29. The third kappa shape index (κ3) is 3.98. The number of fused-ring (bicyclic) bond motifs is 1. The lowest BCUT2D eigenvalue weighted by Crippen LogP contribution is -2.29. The monoisotopic (exact) mass is 390 g/mol. The summed E-state index contributed by atoms with van der Waals surface area (Å²) >= 11 is 5.90. The molecule has 0 amide bonds. The first kappa shape index (κ1) is 18.6. The van der Waals surface area contributed by atoms with Crippen LogP contribution in [0.1, 0.15) is 12.5 Å². The second-order valence-corrected chi connectivity index (χ2v) is 6.35. The molecule has 0 saturated carbocycles. The van der Waals surface area contributed by atoms with E-state index < -0.39 is 11.2 Å². The molecule has 2 heterocycles. The fourth-order valence-electron chi connectivity index (χ4n) is 2.43. The number of benzene rings is 1. The highest BCUT2D eigenvalue weighted by Crippen LogP contribution is 2.16. The average Bonchev–Trinajstić information content (AvgIpc) is 2.99. The van der Waals surface area contributed by atoms with Gasteiger partial charge in [-0.2, -0.15) is 10.1 Å². The lowest BCUT2D eigenvalue weighted by Gasteiger charge is -2.05. The number of hydrazone groups is 1. The van der Waals surface area contributed by atoms with Crippen LogP contribution in [0.4, 0.5) is 10.3 Å². The van der Waals surface area contributed by atoms with Gasteiger partial charge in [0, 0.05) is 18.6 Å². The Morgan fingerprint density at radius 3 is 2.74 bits per heavy atom. The van der Waals surface area contributed by atoms with Crippen LogP contribution in [0, 0.1) is 5.82 Å². The van der Waals surface area contributed by atoms with E-state index >= 15 is 0 Å². The Hall–Kier alpha value is -3.20. The number of H-pyrrole nitrogens is 1. The maximum absolute atomic E-state index is 13.0. The zero-order chi connectivity index (χ0) is 19.6. The first-order valence-corrected chi connectivity index (χ1v) is 8.31. The number of nitrogens with one attached hydrogen (secondary N) is 2. The van der Waals surface area contributed by atoms with E-state index in [0.29, 0.717) is 10.6 Å². The third-order valence-electron chi connectivity index (χ3n) is 3.81. The Balaban J connectivity index is 2.04. The predicted molar refractivity (Wildman–Crippen MR) is 103 cm³/mol. The smallest absolute Gasteiger partial charge is 0.299 e. The summed E-state index contributed by atoms with van der Waals surface area (Å²) in [4.78, 5) is 30.6. The van der Waals surface area contributed by atoms with Crippen molar-refractivity contribution in [1.29, 1.82) is 0 Å². The van der Waals surface area contributed by atoms with Gasteiger partial charge in [0.05, 0.1) is 6.21 Å². The zero-order valence-corrected chi connectivity index (χ0v) is 15.3. The normalized spacial score (nSPS) is 12.2. The Morgan fingerprint density at radius 1 is 1.37 bits per heavy atom. The fraction of sp³-hybridized carbons (Fsp3) is 0.176. The molecule has 0 fully saturated rings. The number of anilines is 1. The lowest BCUT2D eigenvalue weighted by atomic mass is 10.2. The van der Waals surface area contributed by atoms with Crippen molar-refractivity contribution in [3.8, 4) is 0 Å². The molecule has 2 N–H and O–H groups in total.